The minimum atomic E-state index is 0.670. The van der Waals surface area contributed by atoms with E-state index in [0.29, 0.717) is 5.92 Å². The van der Waals surface area contributed by atoms with Crippen molar-refractivity contribution < 1.29 is 4.74 Å². The van der Waals surface area contributed by atoms with Crippen molar-refractivity contribution in [2.24, 2.45) is 11.8 Å². The van der Waals surface area contributed by atoms with Crippen molar-refractivity contribution in [2.45, 2.75) is 38.0 Å². The molecule has 1 saturated heterocycles. The van der Waals surface area contributed by atoms with E-state index in [1.807, 2.05) is 6.07 Å². The first-order valence-electron chi connectivity index (χ1n) is 7.83. The first-order chi connectivity index (χ1) is 9.79. The molecule has 1 heterocycles. The molecule has 0 radical (unpaired) electrons. The number of hydrogen-bond acceptors (Lipinski definition) is 2. The number of benzene rings is 1. The predicted molar refractivity (Wildman–Crippen MR) is 86.4 cm³/mol. The van der Waals surface area contributed by atoms with Crippen LogP contribution >= 0.6 is 15.9 Å². The highest BCUT2D eigenvalue weighted by molar-refractivity contribution is 9.10. The zero-order chi connectivity index (χ0) is 13.9. The maximum absolute atomic E-state index is 5.42. The molecular weight excluding hydrogens is 314 g/mol. The zero-order valence-electron chi connectivity index (χ0n) is 12.2. The van der Waals surface area contributed by atoms with Crippen LogP contribution in [0.1, 0.15) is 43.6 Å². The van der Waals surface area contributed by atoms with Gasteiger partial charge in [-0.3, -0.25) is 0 Å². The SMILES string of the molecule is COc1ccc(Br)c(C2CCNCC2C2CCCC2)c1. The standard InChI is InChI=1S/C17H24BrNO/c1-20-13-6-7-17(18)15(10-13)14-8-9-19-11-16(14)12-4-2-3-5-12/h6-7,10,12,14,16,19H,2-5,8-9,11H2,1H3. The number of methoxy groups -OCH3 is 1. The van der Waals surface area contributed by atoms with E-state index in [0.717, 1.165) is 24.1 Å². The summed E-state index contributed by atoms with van der Waals surface area (Å²) in [6.07, 6.45) is 6.93. The Hall–Kier alpha value is -0.540. The van der Waals surface area contributed by atoms with Gasteiger partial charge in [0.25, 0.3) is 0 Å². The Balaban J connectivity index is 1.88. The van der Waals surface area contributed by atoms with E-state index in [-0.39, 0.29) is 0 Å². The summed E-state index contributed by atoms with van der Waals surface area (Å²) in [4.78, 5) is 0. The van der Waals surface area contributed by atoms with Crippen LogP contribution in [-0.2, 0) is 0 Å². The van der Waals surface area contributed by atoms with Crippen molar-refractivity contribution in [3.63, 3.8) is 0 Å². The van der Waals surface area contributed by atoms with Gasteiger partial charge in [-0.25, -0.2) is 0 Å². The summed E-state index contributed by atoms with van der Waals surface area (Å²) < 4.78 is 6.67. The molecule has 2 unspecified atom stereocenters. The number of hydrogen-bond donors (Lipinski definition) is 1. The lowest BCUT2D eigenvalue weighted by Crippen LogP contribution is -2.38. The molecule has 3 rings (SSSR count). The fourth-order valence-corrected chi connectivity index (χ4v) is 4.62. The monoisotopic (exact) mass is 337 g/mol. The minimum absolute atomic E-state index is 0.670. The molecule has 0 aromatic heterocycles. The second kappa shape index (κ2) is 6.48. The van der Waals surface area contributed by atoms with E-state index in [2.05, 4.69) is 33.4 Å². The van der Waals surface area contributed by atoms with Gasteiger partial charge in [0, 0.05) is 4.47 Å². The molecule has 110 valence electrons. The highest BCUT2D eigenvalue weighted by Crippen LogP contribution is 2.44. The van der Waals surface area contributed by atoms with Crippen molar-refractivity contribution in [3.8, 4) is 5.75 Å². The zero-order valence-corrected chi connectivity index (χ0v) is 13.8. The number of ether oxygens (including phenoxy) is 1. The van der Waals surface area contributed by atoms with E-state index >= 15 is 0 Å². The quantitative estimate of drug-likeness (QED) is 0.885. The van der Waals surface area contributed by atoms with E-state index in [4.69, 9.17) is 4.74 Å². The third kappa shape index (κ3) is 2.89. The number of halogens is 1. The van der Waals surface area contributed by atoms with Crippen molar-refractivity contribution in [1.82, 2.24) is 5.32 Å². The van der Waals surface area contributed by atoms with Crippen LogP contribution in [0, 0.1) is 11.8 Å². The van der Waals surface area contributed by atoms with Crippen LogP contribution in [0.3, 0.4) is 0 Å². The Kier molecular flexibility index (Phi) is 4.67. The van der Waals surface area contributed by atoms with E-state index < -0.39 is 0 Å². The van der Waals surface area contributed by atoms with Gasteiger partial charge in [0.15, 0.2) is 0 Å². The van der Waals surface area contributed by atoms with E-state index in [1.54, 1.807) is 7.11 Å². The van der Waals surface area contributed by atoms with Crippen molar-refractivity contribution in [1.29, 1.82) is 0 Å². The third-order valence-electron chi connectivity index (χ3n) is 5.14. The predicted octanol–water partition coefficient (Wildman–Crippen LogP) is 4.34. The van der Waals surface area contributed by atoms with Gasteiger partial charge in [-0.15, -0.1) is 0 Å². The first-order valence-corrected chi connectivity index (χ1v) is 8.63. The molecule has 0 bridgehead atoms. The molecule has 0 spiro atoms. The first kappa shape index (κ1) is 14.4. The van der Waals surface area contributed by atoms with Crippen LogP contribution in [-0.4, -0.2) is 20.2 Å². The average Bonchev–Trinajstić information content (AvgIpc) is 3.02. The smallest absolute Gasteiger partial charge is 0.119 e. The van der Waals surface area contributed by atoms with Crippen LogP contribution in [0.4, 0.5) is 0 Å². The van der Waals surface area contributed by atoms with E-state index in [9.17, 15) is 0 Å². The van der Waals surface area contributed by atoms with Gasteiger partial charge in [0.2, 0.25) is 0 Å². The maximum atomic E-state index is 5.42. The minimum Gasteiger partial charge on any atom is -0.497 e. The Morgan fingerprint density at radius 1 is 1.20 bits per heavy atom. The van der Waals surface area contributed by atoms with Crippen LogP contribution in [0.15, 0.2) is 22.7 Å². The van der Waals surface area contributed by atoms with Gasteiger partial charge >= 0.3 is 0 Å². The number of rotatable bonds is 3. The molecule has 3 heteroatoms. The molecule has 20 heavy (non-hydrogen) atoms. The Labute approximate surface area is 130 Å². The van der Waals surface area contributed by atoms with Gasteiger partial charge < -0.3 is 10.1 Å². The highest BCUT2D eigenvalue weighted by Gasteiger charge is 2.35. The van der Waals surface area contributed by atoms with E-state index in [1.165, 1.54) is 48.7 Å². The molecule has 1 aromatic rings. The van der Waals surface area contributed by atoms with Gasteiger partial charge in [0.05, 0.1) is 7.11 Å². The molecule has 2 nitrogen and oxygen atoms in total. The normalized spacial score (nSPS) is 27.7. The number of nitrogens with one attached hydrogen (secondary N) is 1. The summed E-state index contributed by atoms with van der Waals surface area (Å²) in [6, 6.07) is 6.42. The van der Waals surface area contributed by atoms with Crippen LogP contribution in [0.25, 0.3) is 0 Å². The Morgan fingerprint density at radius 2 is 2.00 bits per heavy atom. The summed E-state index contributed by atoms with van der Waals surface area (Å²) in [5.41, 5.74) is 1.45. The fraction of sp³-hybridized carbons (Fsp3) is 0.647. The lowest BCUT2D eigenvalue weighted by molar-refractivity contribution is 0.230. The van der Waals surface area contributed by atoms with Crippen molar-refractivity contribution >= 4 is 15.9 Å². The lowest BCUT2D eigenvalue weighted by atomic mass is 9.73. The molecule has 1 N–H and O–H groups in total. The Bertz CT molecular complexity index is 456. The summed E-state index contributed by atoms with van der Waals surface area (Å²) >= 11 is 3.76. The molecular formula is C17H24BrNO. The average molecular weight is 338 g/mol. The molecule has 1 aliphatic carbocycles. The van der Waals surface area contributed by atoms with Crippen LogP contribution in [0.5, 0.6) is 5.75 Å². The van der Waals surface area contributed by atoms with Crippen LogP contribution in [0.2, 0.25) is 0 Å². The number of piperidine rings is 1. The maximum Gasteiger partial charge on any atom is 0.119 e. The molecule has 2 aliphatic rings. The summed E-state index contributed by atoms with van der Waals surface area (Å²) in [6.45, 7) is 2.32. The molecule has 2 atom stereocenters. The summed E-state index contributed by atoms with van der Waals surface area (Å²) in [5, 5.41) is 3.61. The summed E-state index contributed by atoms with van der Waals surface area (Å²) in [7, 11) is 1.75. The third-order valence-corrected chi connectivity index (χ3v) is 5.86. The van der Waals surface area contributed by atoms with Crippen molar-refractivity contribution in [2.75, 3.05) is 20.2 Å². The second-order valence-corrected chi connectivity index (χ2v) is 7.05. The molecule has 1 saturated carbocycles. The van der Waals surface area contributed by atoms with Gasteiger partial charge in [-0.1, -0.05) is 41.6 Å². The molecule has 1 aromatic carbocycles. The lowest BCUT2D eigenvalue weighted by Gasteiger charge is -2.37. The largest absolute Gasteiger partial charge is 0.497 e. The molecule has 0 amide bonds. The van der Waals surface area contributed by atoms with Gasteiger partial charge in [0.1, 0.15) is 5.75 Å². The van der Waals surface area contributed by atoms with Gasteiger partial charge in [-0.05, 0) is 61.0 Å². The van der Waals surface area contributed by atoms with Gasteiger partial charge in [-0.2, -0.15) is 0 Å². The topological polar surface area (TPSA) is 21.3 Å². The van der Waals surface area contributed by atoms with Crippen molar-refractivity contribution in [3.05, 3.63) is 28.2 Å². The molecule has 1 aliphatic heterocycles. The summed E-state index contributed by atoms with van der Waals surface area (Å²) in [5.74, 6) is 3.34. The Morgan fingerprint density at radius 3 is 2.75 bits per heavy atom. The second-order valence-electron chi connectivity index (χ2n) is 6.20. The fourth-order valence-electron chi connectivity index (χ4n) is 4.08. The highest BCUT2D eigenvalue weighted by atomic mass is 79.9. The molecule has 2 fully saturated rings. The van der Waals surface area contributed by atoms with Crippen LogP contribution < -0.4 is 10.1 Å².